The lowest BCUT2D eigenvalue weighted by molar-refractivity contribution is -0.839. The van der Waals surface area contributed by atoms with E-state index < -0.39 is 52.5 Å². The molecule has 0 saturated carbocycles. The normalized spacial score (nSPS) is 22.8. The molecule has 0 radical (unpaired) electrons. The molecule has 3 aromatic rings. The Labute approximate surface area is 269 Å². The molecule has 16 heteroatoms. The van der Waals surface area contributed by atoms with Crippen molar-refractivity contribution in [3.63, 3.8) is 0 Å². The second kappa shape index (κ2) is 11.9. The number of guanidine groups is 1. The molecule has 1 saturated heterocycles. The van der Waals surface area contributed by atoms with Crippen molar-refractivity contribution in [1.82, 2.24) is 14.9 Å². The minimum atomic E-state index is -5.09. The summed E-state index contributed by atoms with van der Waals surface area (Å²) < 4.78 is 138. The highest BCUT2D eigenvalue weighted by Gasteiger charge is 2.49. The molecule has 0 N–H and O–H groups in total. The van der Waals surface area contributed by atoms with Gasteiger partial charge in [0.2, 0.25) is 0 Å². The number of piperidine rings is 1. The predicted octanol–water partition coefficient (Wildman–Crippen LogP) is 8.64. The van der Waals surface area contributed by atoms with E-state index in [1.807, 2.05) is 4.90 Å². The minimum absolute atomic E-state index is 0.0220. The van der Waals surface area contributed by atoms with Gasteiger partial charge >= 0.3 is 24.5 Å². The number of hydrogen-bond acceptors (Lipinski definition) is 4. The summed E-state index contributed by atoms with van der Waals surface area (Å²) in [7, 11) is 3.15. The van der Waals surface area contributed by atoms with E-state index in [0.717, 1.165) is 12.1 Å². The lowest BCUT2D eigenvalue weighted by Crippen LogP contribution is -2.57. The van der Waals surface area contributed by atoms with Crippen LogP contribution in [-0.2, 0) is 31.6 Å². The topological polar surface area (TPSA) is 36.2 Å². The predicted molar refractivity (Wildman–Crippen MR) is 155 cm³/mol. The molecule has 2 unspecified atom stereocenters. The van der Waals surface area contributed by atoms with Gasteiger partial charge in [-0.1, -0.05) is 24.3 Å². The Morgan fingerprint density at radius 2 is 1.40 bits per heavy atom. The van der Waals surface area contributed by atoms with Gasteiger partial charge in [0.25, 0.3) is 0 Å². The lowest BCUT2D eigenvalue weighted by Gasteiger charge is -2.51. The Bertz CT molecular complexity index is 1680. The average molecular weight is 689 g/mol. The number of halogens is 10. The van der Waals surface area contributed by atoms with Gasteiger partial charge in [0.15, 0.2) is 6.17 Å². The van der Waals surface area contributed by atoms with Crippen LogP contribution < -0.4 is 0 Å². The molecule has 1 fully saturated rings. The Morgan fingerprint density at radius 1 is 0.792 bits per heavy atom. The fourth-order valence-corrected chi connectivity index (χ4v) is 7.01. The summed E-state index contributed by atoms with van der Waals surface area (Å²) in [6, 6.07) is 10.9. The van der Waals surface area contributed by atoms with Crippen LogP contribution in [0.3, 0.4) is 0 Å². The van der Waals surface area contributed by atoms with Crippen LogP contribution in [0.5, 0.6) is 0 Å². The zero-order valence-electron chi connectivity index (χ0n) is 25.6. The molecule has 48 heavy (non-hydrogen) atoms. The van der Waals surface area contributed by atoms with Gasteiger partial charge in [0.1, 0.15) is 5.82 Å². The highest BCUT2D eigenvalue weighted by molar-refractivity contribution is 5.76. The van der Waals surface area contributed by atoms with E-state index in [-0.39, 0.29) is 41.4 Å². The molecule has 2 atom stereocenters. The Balaban J connectivity index is 1.43. The molecule has 0 bridgehead atoms. The molecular formula is C32H30F10N6. The maximum Gasteiger partial charge on any atom is 0.416 e. The fourth-order valence-electron chi connectivity index (χ4n) is 7.01. The van der Waals surface area contributed by atoms with Crippen LogP contribution in [0.2, 0.25) is 0 Å². The highest BCUT2D eigenvalue weighted by Crippen LogP contribution is 2.47. The molecule has 6 rings (SSSR count). The fraction of sp³-hybridized carbons (Fsp3) is 0.406. The standard InChI is InChI=1S/C32H30F10N6/c1-45-43-29-47(17-19-13-23(31(37,38)39)16-24(14-19)32(40,41)42)18-21-15-22(30(34,35)36)7-8-26(21)28(48(29,2)44-45)46-11-9-20(10-12-46)25-5-3-4-6-27(25)33/h3-8,13-16,20,28H,9-12,17-18H2,1-2H3. The monoisotopic (exact) mass is 688 g/mol. The van der Waals surface area contributed by atoms with Crippen LogP contribution in [0.1, 0.15) is 63.9 Å². The Hall–Kier alpha value is -3.89. The van der Waals surface area contributed by atoms with Gasteiger partial charge in [0, 0.05) is 32.2 Å². The summed E-state index contributed by atoms with van der Waals surface area (Å²) in [5.74, 6) is -0.328. The third-order valence-corrected chi connectivity index (χ3v) is 9.06. The van der Waals surface area contributed by atoms with E-state index in [1.165, 1.54) is 29.2 Å². The number of rotatable bonds is 4. The van der Waals surface area contributed by atoms with Crippen molar-refractivity contribution in [3.8, 4) is 0 Å². The van der Waals surface area contributed by atoms with E-state index >= 15 is 0 Å². The van der Waals surface area contributed by atoms with Gasteiger partial charge in [0.05, 0.1) is 30.3 Å². The first-order valence-corrected chi connectivity index (χ1v) is 15.0. The van der Waals surface area contributed by atoms with Crippen molar-refractivity contribution >= 4 is 5.96 Å². The molecule has 0 aliphatic carbocycles. The van der Waals surface area contributed by atoms with Crippen LogP contribution in [0, 0.1) is 5.82 Å². The van der Waals surface area contributed by atoms with E-state index in [4.69, 9.17) is 0 Å². The number of fused-ring (bicyclic) bond motifs is 2. The number of hydrazone groups is 1. The summed E-state index contributed by atoms with van der Waals surface area (Å²) >= 11 is 0. The van der Waals surface area contributed by atoms with E-state index in [9.17, 15) is 43.9 Å². The van der Waals surface area contributed by atoms with Crippen LogP contribution >= 0.6 is 0 Å². The van der Waals surface area contributed by atoms with Crippen molar-refractivity contribution in [3.05, 3.63) is 111 Å². The Kier molecular flexibility index (Phi) is 8.44. The smallest absolute Gasteiger partial charge is 0.342 e. The van der Waals surface area contributed by atoms with Crippen molar-refractivity contribution in [2.24, 2.45) is 5.10 Å². The summed E-state index contributed by atoms with van der Waals surface area (Å²) in [6.45, 7) is -0.0595. The first-order chi connectivity index (χ1) is 22.3. The first kappa shape index (κ1) is 34.0. The molecule has 6 nitrogen and oxygen atoms in total. The summed E-state index contributed by atoms with van der Waals surface area (Å²) in [4.78, 5) is 3.38. The largest absolute Gasteiger partial charge is 0.416 e. The minimum Gasteiger partial charge on any atom is -0.342 e. The van der Waals surface area contributed by atoms with Crippen molar-refractivity contribution in [1.29, 1.82) is 0 Å². The van der Waals surface area contributed by atoms with Crippen molar-refractivity contribution in [2.75, 3.05) is 27.2 Å². The van der Waals surface area contributed by atoms with Gasteiger partial charge in [-0.15, -0.1) is 5.10 Å². The average Bonchev–Trinajstić information content (AvgIpc) is 3.26. The van der Waals surface area contributed by atoms with Crippen LogP contribution in [0.4, 0.5) is 43.9 Å². The van der Waals surface area contributed by atoms with E-state index in [0.29, 0.717) is 49.2 Å². The van der Waals surface area contributed by atoms with Gasteiger partial charge in [-0.05, 0) is 71.8 Å². The summed E-state index contributed by atoms with van der Waals surface area (Å²) in [6.07, 6.45) is -14.6. The lowest BCUT2D eigenvalue weighted by atomic mass is 9.88. The van der Waals surface area contributed by atoms with Crippen molar-refractivity contribution in [2.45, 2.75) is 56.5 Å². The van der Waals surface area contributed by atoms with Gasteiger partial charge < -0.3 is 15.6 Å². The number of likely N-dealkylation sites (tertiary alicyclic amines) is 1. The molecule has 0 amide bonds. The number of alkyl halides is 9. The van der Waals surface area contributed by atoms with Crippen LogP contribution in [-0.4, -0.2) is 52.7 Å². The second-order valence-corrected chi connectivity index (χ2v) is 12.4. The highest BCUT2D eigenvalue weighted by atomic mass is 19.4. The summed E-state index contributed by atoms with van der Waals surface area (Å²) in [5.41, 5.74) is 1.51. The molecular weight excluding hydrogens is 658 g/mol. The quantitative estimate of drug-likeness (QED) is 0.204. The summed E-state index contributed by atoms with van der Waals surface area (Å²) in [5, 5.41) is 5.70. The third kappa shape index (κ3) is 6.44. The molecule has 3 heterocycles. The van der Waals surface area contributed by atoms with Gasteiger partial charge in [-0.3, -0.25) is 9.49 Å². The molecule has 0 aromatic heterocycles. The number of nitrogens with zero attached hydrogens (tertiary/aromatic N) is 6. The molecule has 0 spiro atoms. The molecule has 3 aromatic carbocycles. The number of quaternary nitrogens is 1. The maximum absolute atomic E-state index is 14.6. The zero-order chi connectivity index (χ0) is 34.8. The zero-order valence-corrected chi connectivity index (χ0v) is 25.6. The van der Waals surface area contributed by atoms with Crippen LogP contribution in [0.25, 0.3) is 5.53 Å². The molecule has 3 aliphatic heterocycles. The third-order valence-electron chi connectivity index (χ3n) is 9.06. The van der Waals surface area contributed by atoms with E-state index in [1.54, 1.807) is 25.2 Å². The van der Waals surface area contributed by atoms with Crippen molar-refractivity contribution < 1.29 is 48.5 Å². The van der Waals surface area contributed by atoms with E-state index in [2.05, 4.69) is 10.6 Å². The Morgan fingerprint density at radius 3 is 1.98 bits per heavy atom. The van der Waals surface area contributed by atoms with Gasteiger partial charge in [-0.2, -0.15) is 39.5 Å². The van der Waals surface area contributed by atoms with Gasteiger partial charge in [-0.25, -0.2) is 4.39 Å². The molecule has 3 aliphatic rings. The second-order valence-electron chi connectivity index (χ2n) is 12.4. The first-order valence-electron chi connectivity index (χ1n) is 15.0. The number of benzene rings is 3. The molecule has 258 valence electrons. The van der Waals surface area contributed by atoms with Crippen LogP contribution in [0.15, 0.2) is 65.8 Å². The maximum atomic E-state index is 14.6. The SMILES string of the molecule is CN1N=C2N(Cc3cc(C(F)(F)F)cc(C(F)(F)F)c3)Cc3cc(C(F)(F)F)ccc3C(N3CCC(c4ccccc4F)CC3)[N+]2(C)[N-]1. The number of hydrogen-bond donors (Lipinski definition) is 0.